The summed E-state index contributed by atoms with van der Waals surface area (Å²) < 4.78 is 43.8. The Hall–Kier alpha value is -4.20. The van der Waals surface area contributed by atoms with Crippen LogP contribution in [-0.4, -0.2) is 52.5 Å². The third-order valence-electron chi connectivity index (χ3n) is 5.66. The molecule has 0 radical (unpaired) electrons. The predicted octanol–water partition coefficient (Wildman–Crippen LogP) is 7.30. The van der Waals surface area contributed by atoms with Crippen molar-refractivity contribution in [3.63, 3.8) is 0 Å². The fourth-order valence-corrected chi connectivity index (χ4v) is 5.05. The predicted molar refractivity (Wildman–Crippen MR) is 157 cm³/mol. The van der Waals surface area contributed by atoms with Crippen LogP contribution in [0.25, 0.3) is 20.3 Å². The molecular weight excluding hydrogens is 595 g/mol. The van der Waals surface area contributed by atoms with Gasteiger partial charge in [0, 0.05) is 47.9 Å². The Balaban J connectivity index is 0.000000517. The fraction of sp³-hybridized carbons (Fsp3) is 0.214. The number of benzene rings is 2. The molecule has 5 aromatic rings. The number of aromatic nitrogens is 3. The second kappa shape index (κ2) is 14.1. The molecular formula is C28H25ClF3N5O4S. The van der Waals surface area contributed by atoms with Crippen molar-refractivity contribution in [1.82, 2.24) is 15.0 Å². The average Bonchev–Trinajstić information content (AvgIpc) is 3.34. The van der Waals surface area contributed by atoms with Gasteiger partial charge < -0.3 is 25.2 Å². The molecule has 0 amide bonds. The van der Waals surface area contributed by atoms with Crippen molar-refractivity contribution < 1.29 is 32.5 Å². The lowest BCUT2D eigenvalue weighted by Crippen LogP contribution is -2.21. The van der Waals surface area contributed by atoms with Crippen LogP contribution in [-0.2, 0) is 16.1 Å². The van der Waals surface area contributed by atoms with Crippen molar-refractivity contribution in [2.45, 2.75) is 19.2 Å². The maximum Gasteiger partial charge on any atom is 0.490 e. The van der Waals surface area contributed by atoms with E-state index in [1.165, 1.54) is 0 Å². The van der Waals surface area contributed by atoms with E-state index in [1.54, 1.807) is 31.0 Å². The molecule has 0 unspecified atom stereocenters. The van der Waals surface area contributed by atoms with E-state index in [-0.39, 0.29) is 0 Å². The molecule has 9 nitrogen and oxygen atoms in total. The number of ether oxygens (including phenoxy) is 2. The summed E-state index contributed by atoms with van der Waals surface area (Å²) in [4.78, 5) is 23.1. The van der Waals surface area contributed by atoms with Crippen LogP contribution in [0, 0.1) is 0 Å². The monoisotopic (exact) mass is 619 g/mol. The van der Waals surface area contributed by atoms with Gasteiger partial charge in [0.15, 0.2) is 0 Å². The van der Waals surface area contributed by atoms with Crippen molar-refractivity contribution in [1.29, 1.82) is 0 Å². The number of pyridine rings is 1. The highest BCUT2D eigenvalue weighted by molar-refractivity contribution is 7.25. The van der Waals surface area contributed by atoms with Crippen LogP contribution in [0.2, 0.25) is 5.02 Å². The van der Waals surface area contributed by atoms with Crippen LogP contribution in [0.15, 0.2) is 67.1 Å². The smallest absolute Gasteiger partial charge is 0.486 e. The molecule has 5 rings (SSSR count). The number of carboxylic acid groups (broad SMARTS) is 1. The van der Waals surface area contributed by atoms with Gasteiger partial charge in [-0.25, -0.2) is 14.8 Å². The molecule has 3 aromatic heterocycles. The summed E-state index contributed by atoms with van der Waals surface area (Å²) in [5.74, 6) is -1.42. The van der Waals surface area contributed by atoms with E-state index in [4.69, 9.17) is 31.0 Å². The van der Waals surface area contributed by atoms with Crippen molar-refractivity contribution in [3.05, 3.63) is 77.8 Å². The quantitative estimate of drug-likeness (QED) is 0.138. The van der Waals surface area contributed by atoms with Crippen LogP contribution in [0.3, 0.4) is 0 Å². The van der Waals surface area contributed by atoms with Gasteiger partial charge in [-0.1, -0.05) is 23.7 Å². The normalized spacial score (nSPS) is 11.2. The summed E-state index contributed by atoms with van der Waals surface area (Å²) in [7, 11) is 1.72. The zero-order valence-electron chi connectivity index (χ0n) is 22.1. The zero-order chi connectivity index (χ0) is 30.1. The molecule has 0 fully saturated rings. The molecule has 0 atom stereocenters. The molecule has 0 bridgehead atoms. The summed E-state index contributed by atoms with van der Waals surface area (Å²) >= 11 is 8.15. The van der Waals surface area contributed by atoms with Crippen molar-refractivity contribution in [2.24, 2.45) is 0 Å². The SMILES string of the molecule is COCCCNc1ccc2c(c1)sc1ncnc(Nc3ccc(OCc4ccccn4)c(Cl)c3)c12.O=C(O)C(F)(F)F. The minimum atomic E-state index is -5.08. The molecule has 42 heavy (non-hydrogen) atoms. The first-order valence-corrected chi connectivity index (χ1v) is 13.6. The van der Waals surface area contributed by atoms with E-state index in [2.05, 4.69) is 43.8 Å². The number of methoxy groups -OCH3 is 1. The first kappa shape index (κ1) is 30.8. The molecule has 3 heterocycles. The van der Waals surface area contributed by atoms with Gasteiger partial charge in [-0.3, -0.25) is 4.98 Å². The van der Waals surface area contributed by atoms with Gasteiger partial charge in [-0.15, -0.1) is 11.3 Å². The lowest BCUT2D eigenvalue weighted by Gasteiger charge is -2.11. The maximum atomic E-state index is 10.6. The summed E-state index contributed by atoms with van der Waals surface area (Å²) in [5.41, 5.74) is 2.73. The number of fused-ring (bicyclic) bond motifs is 3. The average molecular weight is 620 g/mol. The number of anilines is 3. The van der Waals surface area contributed by atoms with Gasteiger partial charge in [0.1, 0.15) is 29.3 Å². The molecule has 0 saturated heterocycles. The Morgan fingerprint density at radius 3 is 2.55 bits per heavy atom. The van der Waals surface area contributed by atoms with Crippen LogP contribution < -0.4 is 15.4 Å². The van der Waals surface area contributed by atoms with Crippen LogP contribution >= 0.6 is 22.9 Å². The fourth-order valence-electron chi connectivity index (χ4n) is 3.73. The number of nitrogens with one attached hydrogen (secondary N) is 2. The third-order valence-corrected chi connectivity index (χ3v) is 7.02. The maximum absolute atomic E-state index is 10.6. The number of nitrogens with zero attached hydrogens (tertiary/aromatic N) is 3. The molecule has 2 aromatic carbocycles. The van der Waals surface area contributed by atoms with Crippen LogP contribution in [0.5, 0.6) is 5.75 Å². The number of thiophene rings is 1. The lowest BCUT2D eigenvalue weighted by atomic mass is 10.2. The van der Waals surface area contributed by atoms with E-state index in [9.17, 15) is 13.2 Å². The molecule has 14 heteroatoms. The minimum Gasteiger partial charge on any atom is -0.486 e. The van der Waals surface area contributed by atoms with Crippen molar-refractivity contribution in [2.75, 3.05) is 30.9 Å². The van der Waals surface area contributed by atoms with E-state index in [1.807, 2.05) is 36.4 Å². The number of hydrogen-bond acceptors (Lipinski definition) is 9. The number of hydrogen-bond donors (Lipinski definition) is 3. The van der Waals surface area contributed by atoms with E-state index in [0.717, 1.165) is 62.8 Å². The Kier molecular flexibility index (Phi) is 10.3. The summed E-state index contributed by atoms with van der Waals surface area (Å²) in [6, 6.07) is 17.7. The Morgan fingerprint density at radius 1 is 1.07 bits per heavy atom. The minimum absolute atomic E-state index is 0.351. The highest BCUT2D eigenvalue weighted by Gasteiger charge is 2.38. The third kappa shape index (κ3) is 8.18. The van der Waals surface area contributed by atoms with Gasteiger partial charge in [-0.2, -0.15) is 13.2 Å². The number of aliphatic carboxylic acids is 1. The van der Waals surface area contributed by atoms with Crippen LogP contribution in [0.1, 0.15) is 12.1 Å². The molecule has 0 aliphatic carbocycles. The van der Waals surface area contributed by atoms with E-state index in [0.29, 0.717) is 17.4 Å². The Labute approximate surface area is 247 Å². The lowest BCUT2D eigenvalue weighted by molar-refractivity contribution is -0.192. The summed E-state index contributed by atoms with van der Waals surface area (Å²) in [6.07, 6.45) is -0.809. The molecule has 0 aliphatic rings. The molecule has 0 saturated carbocycles. The van der Waals surface area contributed by atoms with Crippen LogP contribution in [0.4, 0.5) is 30.4 Å². The van der Waals surface area contributed by atoms with E-state index < -0.39 is 12.1 Å². The molecule has 220 valence electrons. The number of rotatable bonds is 10. The first-order chi connectivity index (χ1) is 20.2. The number of halogens is 4. The Morgan fingerprint density at radius 2 is 1.86 bits per heavy atom. The standard InChI is InChI=1S/C26H24ClN5O2S.C2HF3O2/c1-33-12-4-11-28-17-6-8-20-23(14-17)35-26-24(20)25(30-16-31-26)32-18-7-9-22(21(27)13-18)34-15-19-5-2-3-10-29-19;3-2(4,5)1(6)7/h2-3,5-10,13-14,16,28H,4,11-12,15H2,1H3,(H,30,31,32);(H,6,7). The van der Waals surface area contributed by atoms with Gasteiger partial charge in [0.25, 0.3) is 0 Å². The van der Waals surface area contributed by atoms with Gasteiger partial charge in [0.05, 0.1) is 16.1 Å². The molecule has 0 aliphatic heterocycles. The highest BCUT2D eigenvalue weighted by atomic mass is 35.5. The molecule has 3 N–H and O–H groups in total. The summed E-state index contributed by atoms with van der Waals surface area (Å²) in [6.45, 7) is 1.95. The second-order valence-electron chi connectivity index (χ2n) is 8.67. The Bertz CT molecular complexity index is 1650. The largest absolute Gasteiger partial charge is 0.490 e. The van der Waals surface area contributed by atoms with Gasteiger partial charge in [-0.05, 0) is 48.9 Å². The highest BCUT2D eigenvalue weighted by Crippen LogP contribution is 2.38. The van der Waals surface area contributed by atoms with Gasteiger partial charge >= 0.3 is 12.1 Å². The zero-order valence-corrected chi connectivity index (χ0v) is 23.7. The summed E-state index contributed by atoms with van der Waals surface area (Å²) in [5, 5.41) is 16.6. The van der Waals surface area contributed by atoms with Gasteiger partial charge in [0.2, 0.25) is 0 Å². The number of carbonyl (C=O) groups is 1. The topological polar surface area (TPSA) is 118 Å². The number of alkyl halides is 3. The molecule has 0 spiro atoms. The van der Waals surface area contributed by atoms with Crippen molar-refractivity contribution >= 4 is 66.4 Å². The second-order valence-corrected chi connectivity index (χ2v) is 10.1. The first-order valence-electron chi connectivity index (χ1n) is 12.4. The van der Waals surface area contributed by atoms with E-state index >= 15 is 0 Å². The number of carboxylic acids is 1. The van der Waals surface area contributed by atoms with Crippen molar-refractivity contribution in [3.8, 4) is 5.75 Å².